The summed E-state index contributed by atoms with van der Waals surface area (Å²) in [5.41, 5.74) is 0.819. The zero-order chi connectivity index (χ0) is 11.7. The maximum atomic E-state index is 5.89. The highest BCUT2D eigenvalue weighted by Gasteiger charge is 2.19. The van der Waals surface area contributed by atoms with Crippen molar-refractivity contribution in [1.82, 2.24) is 14.6 Å². The molecule has 17 heavy (non-hydrogen) atoms. The molecule has 2 heterocycles. The van der Waals surface area contributed by atoms with Gasteiger partial charge in [0.25, 0.3) is 0 Å². The van der Waals surface area contributed by atoms with Crippen LogP contribution in [0.5, 0.6) is 0 Å². The average molecular weight is 251 g/mol. The van der Waals surface area contributed by atoms with Crippen LogP contribution >= 0.6 is 11.6 Å². The maximum absolute atomic E-state index is 5.89. The number of hydrogen-bond acceptors (Lipinski definition) is 3. The molecule has 0 amide bonds. The molecule has 1 aliphatic rings. The number of rotatable bonds is 5. The van der Waals surface area contributed by atoms with Crippen molar-refractivity contribution in [2.45, 2.75) is 25.7 Å². The predicted octanol–water partition coefficient (Wildman–Crippen LogP) is 2.98. The van der Waals surface area contributed by atoms with E-state index in [-0.39, 0.29) is 0 Å². The number of halogens is 1. The Bertz CT molecular complexity index is 518. The van der Waals surface area contributed by atoms with E-state index < -0.39 is 0 Å². The lowest BCUT2D eigenvalue weighted by Crippen LogP contribution is -2.03. The van der Waals surface area contributed by atoms with Gasteiger partial charge in [-0.1, -0.05) is 24.4 Å². The smallest absolute Gasteiger partial charge is 0.243 e. The van der Waals surface area contributed by atoms with Gasteiger partial charge in [0.15, 0.2) is 5.65 Å². The molecule has 1 aliphatic carbocycles. The van der Waals surface area contributed by atoms with Gasteiger partial charge in [-0.15, -0.1) is 5.10 Å². The third-order valence-electron chi connectivity index (χ3n) is 3.06. The van der Waals surface area contributed by atoms with Crippen molar-refractivity contribution in [1.29, 1.82) is 0 Å². The van der Waals surface area contributed by atoms with Crippen LogP contribution in [-0.4, -0.2) is 21.1 Å². The second kappa shape index (κ2) is 4.53. The lowest BCUT2D eigenvalue weighted by atomic mass is 10.2. The van der Waals surface area contributed by atoms with Gasteiger partial charge in [-0.3, -0.25) is 0 Å². The molecular weight excluding hydrogens is 236 g/mol. The zero-order valence-corrected chi connectivity index (χ0v) is 10.3. The van der Waals surface area contributed by atoms with E-state index in [1.54, 1.807) is 10.7 Å². The second-order valence-electron chi connectivity index (χ2n) is 4.60. The molecular formula is C12H15ClN4. The average Bonchev–Trinajstić information content (AvgIpc) is 3.04. The topological polar surface area (TPSA) is 42.2 Å². The fourth-order valence-electron chi connectivity index (χ4n) is 1.93. The van der Waals surface area contributed by atoms with Crippen LogP contribution in [0.3, 0.4) is 0 Å². The van der Waals surface area contributed by atoms with Crippen LogP contribution in [0.1, 0.15) is 25.7 Å². The number of nitrogens with zero attached hydrogens (tertiary/aromatic N) is 3. The van der Waals surface area contributed by atoms with Crippen LogP contribution in [0.25, 0.3) is 5.65 Å². The van der Waals surface area contributed by atoms with Gasteiger partial charge >= 0.3 is 0 Å². The van der Waals surface area contributed by atoms with Crippen LogP contribution in [0.15, 0.2) is 18.3 Å². The minimum absolute atomic E-state index is 0.669. The minimum Gasteiger partial charge on any atom is -0.353 e. The number of hydrogen-bond donors (Lipinski definition) is 1. The molecule has 0 atom stereocenters. The first-order valence-corrected chi connectivity index (χ1v) is 6.45. The molecule has 5 heteroatoms. The number of nitrogens with one attached hydrogen (secondary N) is 1. The number of anilines is 1. The van der Waals surface area contributed by atoms with Crippen molar-refractivity contribution in [2.75, 3.05) is 11.9 Å². The van der Waals surface area contributed by atoms with Crippen molar-refractivity contribution in [3.8, 4) is 0 Å². The summed E-state index contributed by atoms with van der Waals surface area (Å²) in [4.78, 5) is 4.37. The SMILES string of the molecule is Clc1ccc2nc(NCCCC3CC3)nn2c1. The maximum Gasteiger partial charge on any atom is 0.243 e. The van der Waals surface area contributed by atoms with E-state index in [1.807, 2.05) is 12.1 Å². The monoisotopic (exact) mass is 250 g/mol. The van der Waals surface area contributed by atoms with Gasteiger partial charge in [-0.05, 0) is 30.9 Å². The van der Waals surface area contributed by atoms with E-state index >= 15 is 0 Å². The molecule has 0 saturated heterocycles. The normalized spacial score (nSPS) is 15.4. The van der Waals surface area contributed by atoms with Crippen molar-refractivity contribution in [3.05, 3.63) is 23.4 Å². The molecule has 2 aromatic heterocycles. The molecule has 0 radical (unpaired) electrons. The number of aromatic nitrogens is 3. The van der Waals surface area contributed by atoms with Crippen molar-refractivity contribution in [3.63, 3.8) is 0 Å². The standard InChI is InChI=1S/C12H15ClN4/c13-10-5-6-11-15-12(16-17(11)8-10)14-7-1-2-9-3-4-9/h5-6,8-9H,1-4,7H2,(H,14,16). The molecule has 0 aliphatic heterocycles. The molecule has 0 bridgehead atoms. The molecule has 0 unspecified atom stereocenters. The molecule has 0 spiro atoms. The lowest BCUT2D eigenvalue weighted by molar-refractivity contribution is 0.685. The highest BCUT2D eigenvalue weighted by atomic mass is 35.5. The summed E-state index contributed by atoms with van der Waals surface area (Å²) < 4.78 is 1.70. The van der Waals surface area contributed by atoms with Gasteiger partial charge in [-0.25, -0.2) is 4.52 Å². The zero-order valence-electron chi connectivity index (χ0n) is 9.56. The Hall–Kier alpha value is -1.29. The van der Waals surface area contributed by atoms with Gasteiger partial charge in [0, 0.05) is 12.7 Å². The van der Waals surface area contributed by atoms with Gasteiger partial charge in [0.2, 0.25) is 5.95 Å². The summed E-state index contributed by atoms with van der Waals surface area (Å²) in [6.45, 7) is 0.946. The Morgan fingerprint density at radius 2 is 2.29 bits per heavy atom. The summed E-state index contributed by atoms with van der Waals surface area (Å²) in [6.07, 6.45) is 7.13. The summed E-state index contributed by atoms with van der Waals surface area (Å²) >= 11 is 5.89. The Labute approximate surface area is 105 Å². The van der Waals surface area contributed by atoms with E-state index in [0.717, 1.165) is 18.1 Å². The first kappa shape index (κ1) is 10.8. The fourth-order valence-corrected chi connectivity index (χ4v) is 2.09. The molecule has 90 valence electrons. The third-order valence-corrected chi connectivity index (χ3v) is 3.29. The quantitative estimate of drug-likeness (QED) is 0.830. The third kappa shape index (κ3) is 2.69. The lowest BCUT2D eigenvalue weighted by Gasteiger charge is -1.99. The number of pyridine rings is 1. The summed E-state index contributed by atoms with van der Waals surface area (Å²) in [7, 11) is 0. The predicted molar refractivity (Wildman–Crippen MR) is 68.4 cm³/mol. The molecule has 1 fully saturated rings. The van der Waals surface area contributed by atoms with E-state index in [0.29, 0.717) is 11.0 Å². The first-order valence-electron chi connectivity index (χ1n) is 6.07. The highest BCUT2D eigenvalue weighted by molar-refractivity contribution is 6.30. The Balaban J connectivity index is 1.60. The van der Waals surface area contributed by atoms with Crippen molar-refractivity contribution >= 4 is 23.2 Å². The van der Waals surface area contributed by atoms with Crippen LogP contribution in [0.2, 0.25) is 5.02 Å². The van der Waals surface area contributed by atoms with Crippen LogP contribution < -0.4 is 5.32 Å². The molecule has 3 rings (SSSR count). The van der Waals surface area contributed by atoms with Gasteiger partial charge in [-0.2, -0.15) is 4.98 Å². The fraction of sp³-hybridized carbons (Fsp3) is 0.500. The van der Waals surface area contributed by atoms with Gasteiger partial charge in [0.1, 0.15) is 0 Å². The van der Waals surface area contributed by atoms with E-state index in [4.69, 9.17) is 11.6 Å². The van der Waals surface area contributed by atoms with E-state index in [2.05, 4.69) is 15.4 Å². The van der Waals surface area contributed by atoms with Crippen molar-refractivity contribution < 1.29 is 0 Å². The molecule has 2 aromatic rings. The first-order chi connectivity index (χ1) is 8.31. The van der Waals surface area contributed by atoms with Crippen LogP contribution in [0, 0.1) is 5.92 Å². The molecule has 4 nitrogen and oxygen atoms in total. The molecule has 0 aromatic carbocycles. The van der Waals surface area contributed by atoms with Crippen LogP contribution in [0.4, 0.5) is 5.95 Å². The molecule has 1 N–H and O–H groups in total. The summed E-state index contributed by atoms with van der Waals surface area (Å²) in [6, 6.07) is 3.69. The second-order valence-corrected chi connectivity index (χ2v) is 5.03. The highest BCUT2D eigenvalue weighted by Crippen LogP contribution is 2.33. The van der Waals surface area contributed by atoms with Gasteiger partial charge in [0.05, 0.1) is 5.02 Å². The Morgan fingerprint density at radius 1 is 1.41 bits per heavy atom. The van der Waals surface area contributed by atoms with Crippen LogP contribution in [-0.2, 0) is 0 Å². The van der Waals surface area contributed by atoms with E-state index in [1.165, 1.54) is 25.7 Å². The van der Waals surface area contributed by atoms with Gasteiger partial charge < -0.3 is 5.32 Å². The molecule has 1 saturated carbocycles. The minimum atomic E-state index is 0.669. The summed E-state index contributed by atoms with van der Waals surface area (Å²) in [5, 5.41) is 8.24. The largest absolute Gasteiger partial charge is 0.353 e. The van der Waals surface area contributed by atoms with E-state index in [9.17, 15) is 0 Å². The van der Waals surface area contributed by atoms with Crippen molar-refractivity contribution in [2.24, 2.45) is 5.92 Å². The number of fused-ring (bicyclic) bond motifs is 1. The summed E-state index contributed by atoms with van der Waals surface area (Å²) in [5.74, 6) is 1.67. The Morgan fingerprint density at radius 3 is 3.12 bits per heavy atom. The Kier molecular flexibility index (Phi) is 2.89.